The molecule has 0 aromatic heterocycles. The summed E-state index contributed by atoms with van der Waals surface area (Å²) >= 11 is 0. The summed E-state index contributed by atoms with van der Waals surface area (Å²) in [5, 5.41) is 8.56. The lowest BCUT2D eigenvalue weighted by Gasteiger charge is -2.08. The molecule has 0 fully saturated rings. The molecule has 0 heterocycles. The molecule has 0 amide bonds. The van der Waals surface area contributed by atoms with Gasteiger partial charge in [0.25, 0.3) is 0 Å². The van der Waals surface area contributed by atoms with Crippen molar-refractivity contribution in [3.05, 3.63) is 0 Å². The van der Waals surface area contributed by atoms with E-state index < -0.39 is 11.9 Å². The molecule has 0 bridgehead atoms. The van der Waals surface area contributed by atoms with Crippen molar-refractivity contribution in [1.82, 2.24) is 0 Å². The van der Waals surface area contributed by atoms with Crippen molar-refractivity contribution in [1.29, 1.82) is 0 Å². The Morgan fingerprint density at radius 2 is 1.86 bits per heavy atom. The lowest BCUT2D eigenvalue weighted by molar-refractivity contribution is -0.146. The van der Waals surface area contributed by atoms with Crippen LogP contribution in [0.2, 0.25) is 0 Å². The number of rotatable bonds is 6. The monoisotopic (exact) mass is 202 g/mol. The van der Waals surface area contributed by atoms with Crippen molar-refractivity contribution in [2.24, 2.45) is 11.8 Å². The molecule has 0 aromatic carbocycles. The molecule has 0 rings (SSSR count). The van der Waals surface area contributed by atoms with Gasteiger partial charge in [-0.15, -0.1) is 0 Å². The van der Waals surface area contributed by atoms with Gasteiger partial charge in [-0.1, -0.05) is 20.8 Å². The third kappa shape index (κ3) is 6.46. The number of carboxylic acid groups (broad SMARTS) is 1. The van der Waals surface area contributed by atoms with E-state index >= 15 is 0 Å². The number of hydrogen-bond acceptors (Lipinski definition) is 3. The SMILES string of the molecule is CC(C)COC(=O)CC[C@H](C)C(=O)O. The van der Waals surface area contributed by atoms with Crippen molar-refractivity contribution in [2.45, 2.75) is 33.6 Å². The van der Waals surface area contributed by atoms with Gasteiger partial charge in [-0.05, 0) is 12.3 Å². The van der Waals surface area contributed by atoms with Crippen LogP contribution in [0, 0.1) is 11.8 Å². The highest BCUT2D eigenvalue weighted by Gasteiger charge is 2.13. The van der Waals surface area contributed by atoms with Gasteiger partial charge in [0.2, 0.25) is 0 Å². The van der Waals surface area contributed by atoms with Crippen LogP contribution in [0.1, 0.15) is 33.6 Å². The van der Waals surface area contributed by atoms with Crippen LogP contribution in [0.25, 0.3) is 0 Å². The number of esters is 1. The topological polar surface area (TPSA) is 63.6 Å². The van der Waals surface area contributed by atoms with Crippen LogP contribution in [-0.2, 0) is 14.3 Å². The smallest absolute Gasteiger partial charge is 0.306 e. The molecule has 14 heavy (non-hydrogen) atoms. The Kier molecular flexibility index (Phi) is 5.92. The average Bonchev–Trinajstić information content (AvgIpc) is 2.10. The summed E-state index contributed by atoms with van der Waals surface area (Å²) in [5.41, 5.74) is 0. The van der Waals surface area contributed by atoms with Gasteiger partial charge in [-0.3, -0.25) is 9.59 Å². The zero-order valence-corrected chi connectivity index (χ0v) is 8.95. The fourth-order valence-corrected chi connectivity index (χ4v) is 0.790. The standard InChI is InChI=1S/C10H18O4/c1-7(2)6-14-9(11)5-4-8(3)10(12)13/h7-8H,4-6H2,1-3H3,(H,12,13)/t8-/m0/s1. The third-order valence-electron chi connectivity index (χ3n) is 1.78. The second kappa shape index (κ2) is 6.40. The highest BCUT2D eigenvalue weighted by molar-refractivity contribution is 5.72. The van der Waals surface area contributed by atoms with E-state index in [1.165, 1.54) is 0 Å². The Labute approximate surface area is 84.3 Å². The van der Waals surface area contributed by atoms with E-state index in [4.69, 9.17) is 9.84 Å². The maximum absolute atomic E-state index is 11.1. The van der Waals surface area contributed by atoms with Crippen LogP contribution in [0.15, 0.2) is 0 Å². The predicted octanol–water partition coefficient (Wildman–Crippen LogP) is 1.69. The van der Waals surface area contributed by atoms with Gasteiger partial charge in [0.05, 0.1) is 12.5 Å². The summed E-state index contributed by atoms with van der Waals surface area (Å²) in [6, 6.07) is 0. The van der Waals surface area contributed by atoms with Crippen molar-refractivity contribution in [3.8, 4) is 0 Å². The summed E-state index contributed by atoms with van der Waals surface area (Å²) in [6.45, 7) is 5.89. The third-order valence-corrected chi connectivity index (χ3v) is 1.78. The Bertz CT molecular complexity index is 198. The molecule has 0 aliphatic rings. The van der Waals surface area contributed by atoms with Crippen molar-refractivity contribution in [3.63, 3.8) is 0 Å². The van der Waals surface area contributed by atoms with E-state index in [0.717, 1.165) is 0 Å². The van der Waals surface area contributed by atoms with Crippen LogP contribution < -0.4 is 0 Å². The summed E-state index contributed by atoms with van der Waals surface area (Å²) < 4.78 is 4.90. The van der Waals surface area contributed by atoms with Gasteiger partial charge < -0.3 is 9.84 Å². The van der Waals surface area contributed by atoms with Crippen molar-refractivity contribution in [2.75, 3.05) is 6.61 Å². The van der Waals surface area contributed by atoms with E-state index in [-0.39, 0.29) is 12.4 Å². The average molecular weight is 202 g/mol. The van der Waals surface area contributed by atoms with Crippen LogP contribution in [-0.4, -0.2) is 23.7 Å². The summed E-state index contributed by atoms with van der Waals surface area (Å²) in [5.74, 6) is -1.36. The van der Waals surface area contributed by atoms with E-state index in [1.54, 1.807) is 6.92 Å². The van der Waals surface area contributed by atoms with Crippen LogP contribution in [0.3, 0.4) is 0 Å². The van der Waals surface area contributed by atoms with Crippen LogP contribution in [0.5, 0.6) is 0 Å². The number of carbonyl (C=O) groups is 2. The minimum Gasteiger partial charge on any atom is -0.481 e. The van der Waals surface area contributed by atoms with Gasteiger partial charge in [-0.25, -0.2) is 0 Å². The second-order valence-corrected chi connectivity index (χ2v) is 3.85. The normalized spacial score (nSPS) is 12.6. The Morgan fingerprint density at radius 3 is 2.29 bits per heavy atom. The molecule has 0 saturated heterocycles. The largest absolute Gasteiger partial charge is 0.481 e. The summed E-state index contributed by atoms with van der Waals surface area (Å²) in [7, 11) is 0. The number of carbonyl (C=O) groups excluding carboxylic acids is 1. The fraction of sp³-hybridized carbons (Fsp3) is 0.800. The van der Waals surface area contributed by atoms with E-state index in [0.29, 0.717) is 18.9 Å². The van der Waals surface area contributed by atoms with Crippen LogP contribution in [0.4, 0.5) is 0 Å². The number of aliphatic carboxylic acids is 1. The molecule has 0 unspecified atom stereocenters. The van der Waals surface area contributed by atoms with E-state index in [1.807, 2.05) is 13.8 Å². The zero-order chi connectivity index (χ0) is 11.1. The highest BCUT2D eigenvalue weighted by Crippen LogP contribution is 2.06. The summed E-state index contributed by atoms with van der Waals surface area (Å²) in [6.07, 6.45) is 0.520. The van der Waals surface area contributed by atoms with Gasteiger partial charge in [0.15, 0.2) is 0 Å². The molecular weight excluding hydrogens is 184 g/mol. The second-order valence-electron chi connectivity index (χ2n) is 3.85. The first-order chi connectivity index (χ1) is 6.43. The maximum atomic E-state index is 11.1. The Hall–Kier alpha value is -1.06. The molecule has 82 valence electrons. The lowest BCUT2D eigenvalue weighted by atomic mass is 10.1. The van der Waals surface area contributed by atoms with Crippen molar-refractivity contribution >= 4 is 11.9 Å². The Balaban J connectivity index is 3.59. The van der Waals surface area contributed by atoms with Gasteiger partial charge in [-0.2, -0.15) is 0 Å². The van der Waals surface area contributed by atoms with Gasteiger partial charge in [0, 0.05) is 6.42 Å². The molecule has 0 aromatic rings. The highest BCUT2D eigenvalue weighted by atomic mass is 16.5. The van der Waals surface area contributed by atoms with Gasteiger partial charge >= 0.3 is 11.9 Å². The quantitative estimate of drug-likeness (QED) is 0.666. The first-order valence-electron chi connectivity index (χ1n) is 4.82. The number of hydrogen-bond donors (Lipinski definition) is 1. The molecule has 0 spiro atoms. The minimum absolute atomic E-state index is 0.181. The molecule has 1 N–H and O–H groups in total. The van der Waals surface area contributed by atoms with E-state index in [9.17, 15) is 9.59 Å². The van der Waals surface area contributed by atoms with Crippen molar-refractivity contribution < 1.29 is 19.4 Å². The molecule has 0 saturated carbocycles. The molecule has 0 radical (unpaired) electrons. The maximum Gasteiger partial charge on any atom is 0.306 e. The number of ether oxygens (including phenoxy) is 1. The van der Waals surface area contributed by atoms with Crippen LogP contribution >= 0.6 is 0 Å². The molecular formula is C10H18O4. The molecule has 0 aliphatic carbocycles. The first-order valence-corrected chi connectivity index (χ1v) is 4.82. The molecule has 4 heteroatoms. The fourth-order valence-electron chi connectivity index (χ4n) is 0.790. The minimum atomic E-state index is -0.873. The molecule has 1 atom stereocenters. The van der Waals surface area contributed by atoms with E-state index in [2.05, 4.69) is 0 Å². The van der Waals surface area contributed by atoms with Gasteiger partial charge in [0.1, 0.15) is 0 Å². The first kappa shape index (κ1) is 12.9. The lowest BCUT2D eigenvalue weighted by Crippen LogP contribution is -2.14. The molecule has 0 aliphatic heterocycles. The predicted molar refractivity (Wildman–Crippen MR) is 51.8 cm³/mol. The number of carboxylic acids is 1. The Morgan fingerprint density at radius 1 is 1.29 bits per heavy atom. The molecule has 4 nitrogen and oxygen atoms in total. The summed E-state index contributed by atoms with van der Waals surface area (Å²) in [4.78, 5) is 21.5. The zero-order valence-electron chi connectivity index (χ0n) is 8.95.